The van der Waals surface area contributed by atoms with E-state index in [0.29, 0.717) is 10.1 Å². The molecule has 0 radical (unpaired) electrons. The van der Waals surface area contributed by atoms with Crippen molar-refractivity contribution < 1.29 is 15.3 Å². The van der Waals surface area contributed by atoms with Crippen LogP contribution in [0.5, 0.6) is 11.5 Å². The number of thiophene rings is 1. The average molecular weight is 196 g/mol. The minimum atomic E-state index is -0.0712. The summed E-state index contributed by atoms with van der Waals surface area (Å²) in [4.78, 5) is 0.729. The van der Waals surface area contributed by atoms with E-state index in [1.54, 1.807) is 6.07 Å². The normalized spacial score (nSPS) is 10.8. The molecule has 0 spiro atoms. The van der Waals surface area contributed by atoms with E-state index in [0.717, 1.165) is 4.88 Å². The van der Waals surface area contributed by atoms with Gasteiger partial charge in [0.1, 0.15) is 11.5 Å². The lowest BCUT2D eigenvalue weighted by atomic mass is 10.2. The predicted octanol–water partition coefficient (Wildman–Crippen LogP) is 1.80. The van der Waals surface area contributed by atoms with Gasteiger partial charge in [0.15, 0.2) is 0 Å². The molecule has 0 unspecified atom stereocenters. The number of fused-ring (bicyclic) bond motifs is 1. The van der Waals surface area contributed by atoms with Gasteiger partial charge in [-0.05, 0) is 18.2 Å². The van der Waals surface area contributed by atoms with E-state index in [4.69, 9.17) is 5.11 Å². The molecule has 0 bridgehead atoms. The molecular formula is C9H8O3S. The summed E-state index contributed by atoms with van der Waals surface area (Å²) in [5, 5.41) is 28.3. The van der Waals surface area contributed by atoms with Gasteiger partial charge in [0.05, 0.1) is 11.3 Å². The van der Waals surface area contributed by atoms with Gasteiger partial charge in [0.2, 0.25) is 0 Å². The Morgan fingerprint density at radius 1 is 1.15 bits per heavy atom. The number of phenolic OH excluding ortho intramolecular Hbond substituents is 2. The number of hydrogen-bond acceptors (Lipinski definition) is 4. The van der Waals surface area contributed by atoms with Crippen LogP contribution in [0.15, 0.2) is 18.2 Å². The molecule has 0 aliphatic carbocycles. The highest BCUT2D eigenvalue weighted by Gasteiger charge is 2.08. The van der Waals surface area contributed by atoms with Crippen LogP contribution in [0.2, 0.25) is 0 Å². The van der Waals surface area contributed by atoms with Crippen LogP contribution in [0.25, 0.3) is 10.1 Å². The lowest BCUT2D eigenvalue weighted by Crippen LogP contribution is -1.70. The van der Waals surface area contributed by atoms with Crippen molar-refractivity contribution in [2.24, 2.45) is 0 Å². The van der Waals surface area contributed by atoms with E-state index in [9.17, 15) is 10.2 Å². The molecular weight excluding hydrogens is 188 g/mol. The van der Waals surface area contributed by atoms with E-state index >= 15 is 0 Å². The van der Waals surface area contributed by atoms with Crippen molar-refractivity contribution in [3.05, 3.63) is 23.1 Å². The highest BCUT2D eigenvalue weighted by molar-refractivity contribution is 7.19. The third-order valence-corrected chi connectivity index (χ3v) is 2.99. The topological polar surface area (TPSA) is 60.7 Å². The quantitative estimate of drug-likeness (QED) is 0.609. The zero-order valence-corrected chi connectivity index (χ0v) is 7.51. The average Bonchev–Trinajstić information content (AvgIpc) is 2.56. The molecule has 2 aromatic rings. The number of aliphatic hydroxyl groups is 1. The molecule has 0 fully saturated rings. The Kier molecular flexibility index (Phi) is 1.86. The van der Waals surface area contributed by atoms with Crippen molar-refractivity contribution >= 4 is 21.4 Å². The fraction of sp³-hybridized carbons (Fsp3) is 0.111. The van der Waals surface area contributed by atoms with Gasteiger partial charge in [-0.1, -0.05) is 0 Å². The van der Waals surface area contributed by atoms with Crippen LogP contribution in [-0.4, -0.2) is 15.3 Å². The Balaban J connectivity index is 2.80. The van der Waals surface area contributed by atoms with Gasteiger partial charge in [0, 0.05) is 10.3 Å². The lowest BCUT2D eigenvalue weighted by Gasteiger charge is -1.95. The van der Waals surface area contributed by atoms with E-state index in [2.05, 4.69) is 0 Å². The maximum absolute atomic E-state index is 9.42. The second kappa shape index (κ2) is 2.90. The van der Waals surface area contributed by atoms with Crippen LogP contribution >= 0.6 is 11.3 Å². The molecule has 68 valence electrons. The van der Waals surface area contributed by atoms with Gasteiger partial charge in [-0.2, -0.15) is 0 Å². The highest BCUT2D eigenvalue weighted by Crippen LogP contribution is 2.37. The highest BCUT2D eigenvalue weighted by atomic mass is 32.1. The number of aromatic hydroxyl groups is 2. The summed E-state index contributed by atoms with van der Waals surface area (Å²) in [6, 6.07) is 4.55. The first-order chi connectivity index (χ1) is 6.22. The van der Waals surface area contributed by atoms with Gasteiger partial charge in [0.25, 0.3) is 0 Å². The number of hydrogen-bond donors (Lipinski definition) is 3. The lowest BCUT2D eigenvalue weighted by molar-refractivity contribution is 0.285. The minimum Gasteiger partial charge on any atom is -0.507 e. The van der Waals surface area contributed by atoms with Crippen LogP contribution in [-0.2, 0) is 6.61 Å². The Bertz CT molecular complexity index is 408. The molecule has 0 saturated carbocycles. The van der Waals surface area contributed by atoms with Crippen molar-refractivity contribution in [2.75, 3.05) is 0 Å². The molecule has 4 heteroatoms. The van der Waals surface area contributed by atoms with E-state index in [1.165, 1.54) is 23.5 Å². The number of aliphatic hydroxyl groups excluding tert-OH is 1. The first-order valence-corrected chi connectivity index (χ1v) is 4.58. The maximum Gasteiger partial charge on any atom is 0.133 e. The summed E-state index contributed by atoms with van der Waals surface area (Å²) in [5.41, 5.74) is 0. The van der Waals surface area contributed by atoms with E-state index in [1.807, 2.05) is 0 Å². The van der Waals surface area contributed by atoms with Gasteiger partial charge >= 0.3 is 0 Å². The van der Waals surface area contributed by atoms with Crippen molar-refractivity contribution in [3.8, 4) is 11.5 Å². The molecule has 3 nitrogen and oxygen atoms in total. The van der Waals surface area contributed by atoms with Crippen LogP contribution in [0.1, 0.15) is 4.88 Å². The Morgan fingerprint density at radius 3 is 2.46 bits per heavy atom. The van der Waals surface area contributed by atoms with Crippen molar-refractivity contribution in [3.63, 3.8) is 0 Å². The number of phenols is 2. The molecule has 3 N–H and O–H groups in total. The zero-order chi connectivity index (χ0) is 9.42. The molecule has 1 aromatic heterocycles. The second-order valence-corrected chi connectivity index (χ2v) is 3.85. The first-order valence-electron chi connectivity index (χ1n) is 3.76. The summed E-state index contributed by atoms with van der Waals surface area (Å²) in [6.07, 6.45) is 0. The maximum atomic E-state index is 9.42. The van der Waals surface area contributed by atoms with Gasteiger partial charge in [-0.25, -0.2) is 0 Å². The molecule has 13 heavy (non-hydrogen) atoms. The predicted molar refractivity (Wildman–Crippen MR) is 51.1 cm³/mol. The molecule has 0 atom stereocenters. The summed E-state index contributed by atoms with van der Waals surface area (Å²) in [5.74, 6) is 0.265. The number of benzene rings is 1. The van der Waals surface area contributed by atoms with E-state index in [-0.39, 0.29) is 18.1 Å². The third-order valence-electron chi connectivity index (χ3n) is 1.85. The standard InChI is InChI=1S/C9H8O3S/c10-4-5-3-6-7(11)1-2-8(12)9(6)13-5/h1-3,10-12H,4H2. The smallest absolute Gasteiger partial charge is 0.133 e. The fourth-order valence-electron chi connectivity index (χ4n) is 1.22. The number of rotatable bonds is 1. The van der Waals surface area contributed by atoms with Gasteiger partial charge < -0.3 is 15.3 Å². The Labute approximate surface area is 78.5 Å². The Hall–Kier alpha value is -1.26. The molecule has 2 rings (SSSR count). The van der Waals surface area contributed by atoms with Crippen LogP contribution < -0.4 is 0 Å². The largest absolute Gasteiger partial charge is 0.507 e. The summed E-state index contributed by atoms with van der Waals surface area (Å²) < 4.78 is 0.615. The molecule has 0 aliphatic rings. The molecule has 0 amide bonds. The summed E-state index contributed by atoms with van der Waals surface area (Å²) in [6.45, 7) is -0.0712. The summed E-state index contributed by atoms with van der Waals surface area (Å²) in [7, 11) is 0. The SMILES string of the molecule is OCc1cc2c(O)ccc(O)c2s1. The minimum absolute atomic E-state index is 0.0712. The van der Waals surface area contributed by atoms with Crippen LogP contribution in [0.3, 0.4) is 0 Å². The van der Waals surface area contributed by atoms with Crippen LogP contribution in [0, 0.1) is 0 Å². The van der Waals surface area contributed by atoms with E-state index < -0.39 is 0 Å². The van der Waals surface area contributed by atoms with Crippen LogP contribution in [0.4, 0.5) is 0 Å². The first kappa shape index (κ1) is 8.34. The van der Waals surface area contributed by atoms with Crippen molar-refractivity contribution in [1.29, 1.82) is 0 Å². The third kappa shape index (κ3) is 1.24. The van der Waals surface area contributed by atoms with Crippen molar-refractivity contribution in [2.45, 2.75) is 6.61 Å². The molecule has 1 aromatic carbocycles. The van der Waals surface area contributed by atoms with Crippen molar-refractivity contribution in [1.82, 2.24) is 0 Å². The molecule has 0 aliphatic heterocycles. The van der Waals surface area contributed by atoms with Gasteiger partial charge in [-0.3, -0.25) is 0 Å². The second-order valence-electron chi connectivity index (χ2n) is 2.72. The summed E-state index contributed by atoms with van der Waals surface area (Å²) >= 11 is 1.28. The Morgan fingerprint density at radius 2 is 1.85 bits per heavy atom. The molecule has 0 saturated heterocycles. The zero-order valence-electron chi connectivity index (χ0n) is 6.69. The monoisotopic (exact) mass is 196 g/mol. The van der Waals surface area contributed by atoms with Gasteiger partial charge in [-0.15, -0.1) is 11.3 Å². The fourth-order valence-corrected chi connectivity index (χ4v) is 2.17. The molecule has 1 heterocycles.